The first-order valence-corrected chi connectivity index (χ1v) is 18.9. The highest BCUT2D eigenvalue weighted by Gasteiger charge is 2.31. The highest BCUT2D eigenvalue weighted by Crippen LogP contribution is 2.41. The minimum absolute atomic E-state index is 0.0328. The number of piperidine rings is 1. The Kier molecular flexibility index (Phi) is 8.23. The Morgan fingerprint density at radius 2 is 1.79 bits per heavy atom. The van der Waals surface area contributed by atoms with Crippen LogP contribution in [0.3, 0.4) is 0 Å². The van der Waals surface area contributed by atoms with Crippen LogP contribution in [0, 0.1) is 0 Å². The lowest BCUT2D eigenvalue weighted by Gasteiger charge is -2.35. The maximum Gasteiger partial charge on any atom is 0.329 e. The van der Waals surface area contributed by atoms with E-state index in [4.69, 9.17) is 9.97 Å². The fourth-order valence-electron chi connectivity index (χ4n) is 7.89. The van der Waals surface area contributed by atoms with Crippen molar-refractivity contribution in [1.82, 2.24) is 34.6 Å². The molecule has 3 N–H and O–H groups in total. The molecule has 14 heteroatoms. The predicted molar refractivity (Wildman–Crippen MR) is 207 cm³/mol. The summed E-state index contributed by atoms with van der Waals surface area (Å²) in [6, 6.07) is 17.7. The number of imide groups is 1. The molecule has 270 valence electrons. The minimum Gasteiger partial charge on any atom is -0.381 e. The maximum atomic E-state index is 13.1. The normalized spacial score (nSPS) is 19.7. The number of thiophene rings is 1. The van der Waals surface area contributed by atoms with Crippen molar-refractivity contribution in [2.24, 2.45) is 7.05 Å². The molecule has 2 aromatic carbocycles. The van der Waals surface area contributed by atoms with Crippen molar-refractivity contribution in [1.29, 1.82) is 0 Å². The zero-order chi connectivity index (χ0) is 36.4. The molecule has 3 aliphatic heterocycles. The van der Waals surface area contributed by atoms with Gasteiger partial charge in [-0.25, -0.2) is 14.8 Å². The summed E-state index contributed by atoms with van der Waals surface area (Å²) in [7, 11) is 1.73. The van der Waals surface area contributed by atoms with E-state index < -0.39 is 11.9 Å². The first kappa shape index (κ1) is 33.3. The van der Waals surface area contributed by atoms with Gasteiger partial charge in [0.15, 0.2) is 0 Å². The molecule has 0 aliphatic carbocycles. The van der Waals surface area contributed by atoms with Crippen LogP contribution in [0.25, 0.3) is 43.3 Å². The van der Waals surface area contributed by atoms with E-state index in [1.54, 1.807) is 11.6 Å². The van der Waals surface area contributed by atoms with Crippen LogP contribution >= 0.6 is 11.3 Å². The number of hydrogen-bond acceptors (Lipinski definition) is 10. The van der Waals surface area contributed by atoms with Crippen LogP contribution in [-0.4, -0.2) is 87.0 Å². The van der Waals surface area contributed by atoms with E-state index >= 15 is 0 Å². The van der Waals surface area contributed by atoms with Crippen LogP contribution < -0.4 is 26.5 Å². The highest BCUT2D eigenvalue weighted by molar-refractivity contribution is 7.21. The molecule has 4 aromatic heterocycles. The number of nitrogens with zero attached hydrogens (tertiary/aromatic N) is 6. The van der Waals surface area contributed by atoms with Crippen LogP contribution in [0.1, 0.15) is 41.0 Å². The fraction of sp³-hybridized carbons (Fsp3) is 0.333. The number of amides is 3. The number of fused-ring (bicyclic) bond motifs is 6. The third-order valence-electron chi connectivity index (χ3n) is 10.8. The Morgan fingerprint density at radius 1 is 0.943 bits per heavy atom. The van der Waals surface area contributed by atoms with Gasteiger partial charge in [0.2, 0.25) is 11.8 Å². The summed E-state index contributed by atoms with van der Waals surface area (Å²) in [5, 5.41) is 11.0. The van der Waals surface area contributed by atoms with E-state index in [9.17, 15) is 19.2 Å². The number of benzene rings is 2. The summed E-state index contributed by atoms with van der Waals surface area (Å²) in [5.41, 5.74) is 5.94. The number of hydrogen-bond donors (Lipinski definition) is 3. The van der Waals surface area contributed by atoms with Crippen molar-refractivity contribution < 1.29 is 14.4 Å². The Labute approximate surface area is 308 Å². The second-order valence-corrected chi connectivity index (χ2v) is 15.3. The van der Waals surface area contributed by atoms with Gasteiger partial charge in [-0.2, -0.15) is 0 Å². The van der Waals surface area contributed by atoms with Crippen molar-refractivity contribution in [3.8, 4) is 11.3 Å². The number of carbonyl (C=O) groups excluding carboxylic acids is 3. The Balaban J connectivity index is 0.842. The fourth-order valence-corrected chi connectivity index (χ4v) is 8.99. The largest absolute Gasteiger partial charge is 0.381 e. The topological polar surface area (TPSA) is 146 Å². The molecule has 0 saturated carbocycles. The summed E-state index contributed by atoms with van der Waals surface area (Å²) in [6.07, 6.45) is 3.28. The molecule has 2 fully saturated rings. The number of nitrogens with one attached hydrogen (secondary N) is 3. The number of aryl methyl sites for hydroxylation is 1. The Hall–Kier alpha value is -5.60. The number of anilines is 2. The van der Waals surface area contributed by atoms with Crippen molar-refractivity contribution in [3.05, 3.63) is 81.7 Å². The molecule has 9 rings (SSSR count). The molecule has 0 bridgehead atoms. The molecule has 53 heavy (non-hydrogen) atoms. The number of piperazine rings is 1. The summed E-state index contributed by atoms with van der Waals surface area (Å²) in [6.45, 7) is 7.14. The van der Waals surface area contributed by atoms with E-state index in [1.165, 1.54) is 15.9 Å². The first-order valence-electron chi connectivity index (χ1n) is 18.1. The lowest BCUT2D eigenvalue weighted by atomic mass is 10.1. The van der Waals surface area contributed by atoms with Crippen molar-refractivity contribution in [2.75, 3.05) is 49.5 Å². The number of rotatable bonds is 6. The number of imidazole rings is 1. The summed E-state index contributed by atoms with van der Waals surface area (Å²) in [4.78, 5) is 65.5. The quantitative estimate of drug-likeness (QED) is 0.216. The average molecular weight is 730 g/mol. The number of pyridine rings is 2. The molecular formula is C39H39N9O4S. The van der Waals surface area contributed by atoms with Crippen molar-refractivity contribution >= 4 is 72.6 Å². The maximum absolute atomic E-state index is 13.1. The Morgan fingerprint density at radius 3 is 2.58 bits per heavy atom. The summed E-state index contributed by atoms with van der Waals surface area (Å²) >= 11 is 1.51. The molecule has 2 saturated heterocycles. The smallest absolute Gasteiger partial charge is 0.329 e. The van der Waals surface area contributed by atoms with Crippen LogP contribution in [0.2, 0.25) is 0 Å². The lowest BCUT2D eigenvalue weighted by molar-refractivity contribution is -0.135. The van der Waals surface area contributed by atoms with Gasteiger partial charge >= 0.3 is 5.69 Å². The molecule has 7 heterocycles. The van der Waals surface area contributed by atoms with Crippen LogP contribution in [0.5, 0.6) is 0 Å². The summed E-state index contributed by atoms with van der Waals surface area (Å²) < 4.78 is 4.17. The predicted octanol–water partition coefficient (Wildman–Crippen LogP) is 4.05. The zero-order valence-electron chi connectivity index (χ0n) is 29.5. The molecule has 13 nitrogen and oxygen atoms in total. The van der Waals surface area contributed by atoms with Gasteiger partial charge in [-0.05, 0) is 73.9 Å². The first-order chi connectivity index (χ1) is 25.7. The van der Waals surface area contributed by atoms with E-state index in [0.29, 0.717) is 23.4 Å². The Bertz CT molecular complexity index is 2510. The number of aromatic nitrogens is 4. The monoisotopic (exact) mass is 729 g/mol. The number of carbonyl (C=O) groups is 3. The van der Waals surface area contributed by atoms with Gasteiger partial charge in [0, 0.05) is 86.0 Å². The van der Waals surface area contributed by atoms with Crippen LogP contribution in [0.4, 0.5) is 11.5 Å². The van der Waals surface area contributed by atoms with Gasteiger partial charge in [-0.1, -0.05) is 6.07 Å². The average Bonchev–Trinajstić information content (AvgIpc) is 3.62. The molecule has 3 aliphatic rings. The second-order valence-electron chi connectivity index (χ2n) is 14.2. The highest BCUT2D eigenvalue weighted by atomic mass is 32.1. The van der Waals surface area contributed by atoms with E-state index in [2.05, 4.69) is 50.0 Å². The third-order valence-corrected chi connectivity index (χ3v) is 12.0. The van der Waals surface area contributed by atoms with Gasteiger partial charge in [-0.15, -0.1) is 11.3 Å². The van der Waals surface area contributed by atoms with Gasteiger partial charge in [0.05, 0.1) is 27.9 Å². The molecule has 1 unspecified atom stereocenters. The van der Waals surface area contributed by atoms with Crippen LogP contribution in [0.15, 0.2) is 65.6 Å². The van der Waals surface area contributed by atoms with Gasteiger partial charge in [-0.3, -0.25) is 33.7 Å². The second kappa shape index (κ2) is 13.1. The molecule has 0 spiro atoms. The third kappa shape index (κ3) is 5.91. The summed E-state index contributed by atoms with van der Waals surface area (Å²) in [5.74, 6) is 0.192. The van der Waals surface area contributed by atoms with Crippen molar-refractivity contribution in [2.45, 2.75) is 38.3 Å². The van der Waals surface area contributed by atoms with Gasteiger partial charge in [0.25, 0.3) is 5.91 Å². The van der Waals surface area contributed by atoms with E-state index in [1.807, 2.05) is 43.5 Å². The lowest BCUT2D eigenvalue weighted by Crippen LogP contribution is -2.47. The SMILES string of the molecule is C[C@@H]1CNc2c(sc3ccc4nc(-c5ccc(N6CCN(CCc7ccc8c(c7)n(C)c(=O)n8C7CCC(=O)NC7=O)CC6)nc5)ccc4c23)C(=O)N1. The molecule has 0 radical (unpaired) electrons. The molecule has 3 amide bonds. The standard InChI is InChI=1S/C39H39N9O4S/c1-22-20-41-35-34-25-5-6-26(43-27(25)7-10-31(34)53-36(35)38(51)42-22)24-4-11-32(40-21-24)47-17-15-46(16-18-47)14-13-23-3-8-28-30(19-23)45(2)39(52)48(28)29-9-12-33(49)44-37(29)50/h3-8,10-11,19,21-22,29,41H,9,12-18,20H2,1-2H3,(H,42,51)(H,44,49,50)/t22-,29?/m1/s1. The van der Waals surface area contributed by atoms with E-state index in [0.717, 1.165) is 94.0 Å². The van der Waals surface area contributed by atoms with Gasteiger partial charge in [0.1, 0.15) is 16.7 Å². The molecular weight excluding hydrogens is 691 g/mol. The minimum atomic E-state index is -0.685. The van der Waals surface area contributed by atoms with E-state index in [-0.39, 0.29) is 30.0 Å². The molecule has 6 aromatic rings. The van der Waals surface area contributed by atoms with Crippen LogP contribution in [-0.2, 0) is 23.1 Å². The van der Waals surface area contributed by atoms with Gasteiger partial charge < -0.3 is 15.5 Å². The zero-order valence-corrected chi connectivity index (χ0v) is 30.3. The molecule has 2 atom stereocenters. The van der Waals surface area contributed by atoms with Crippen molar-refractivity contribution in [3.63, 3.8) is 0 Å².